The van der Waals surface area contributed by atoms with Crippen molar-refractivity contribution in [1.82, 2.24) is 0 Å². The molecule has 3 rings (SSSR count). The molecule has 1 aliphatic rings. The topological polar surface area (TPSA) is 47.9 Å². The van der Waals surface area contributed by atoms with Gasteiger partial charge in [0.05, 0.1) is 27.4 Å². The van der Waals surface area contributed by atoms with Crippen molar-refractivity contribution in [2.75, 3.05) is 21.3 Å². The fourth-order valence-electron chi connectivity index (χ4n) is 4.42. The van der Waals surface area contributed by atoms with Gasteiger partial charge in [0.2, 0.25) is 5.75 Å². The SMILES string of the molecule is COc1cc(C(O)C2CCCCC(c3ccccc3)CC2)cc(OC)c1OC. The zero-order valence-corrected chi connectivity index (χ0v) is 17.2. The van der Waals surface area contributed by atoms with Crippen LogP contribution in [-0.4, -0.2) is 26.4 Å². The molecule has 28 heavy (non-hydrogen) atoms. The Hall–Kier alpha value is -2.20. The number of rotatable bonds is 6. The third kappa shape index (κ3) is 4.61. The summed E-state index contributed by atoms with van der Waals surface area (Å²) in [5, 5.41) is 11.2. The summed E-state index contributed by atoms with van der Waals surface area (Å²) < 4.78 is 16.3. The summed E-state index contributed by atoms with van der Waals surface area (Å²) in [5.41, 5.74) is 2.25. The van der Waals surface area contributed by atoms with Crippen LogP contribution in [0.2, 0.25) is 0 Å². The van der Waals surface area contributed by atoms with Crippen LogP contribution in [0, 0.1) is 5.92 Å². The average molecular weight is 385 g/mol. The van der Waals surface area contributed by atoms with Crippen molar-refractivity contribution in [2.24, 2.45) is 5.92 Å². The van der Waals surface area contributed by atoms with Crippen LogP contribution in [0.3, 0.4) is 0 Å². The number of aliphatic hydroxyl groups is 1. The smallest absolute Gasteiger partial charge is 0.203 e. The summed E-state index contributed by atoms with van der Waals surface area (Å²) >= 11 is 0. The van der Waals surface area contributed by atoms with Gasteiger partial charge in [-0.25, -0.2) is 0 Å². The molecule has 4 heteroatoms. The molecule has 0 radical (unpaired) electrons. The number of ether oxygens (including phenoxy) is 3. The Balaban J connectivity index is 1.78. The molecule has 0 heterocycles. The average Bonchev–Trinajstić information content (AvgIpc) is 2.73. The maximum absolute atomic E-state index is 11.2. The van der Waals surface area contributed by atoms with E-state index in [0.717, 1.165) is 31.2 Å². The minimum atomic E-state index is -0.539. The van der Waals surface area contributed by atoms with E-state index < -0.39 is 6.10 Å². The van der Waals surface area contributed by atoms with Crippen LogP contribution in [-0.2, 0) is 0 Å². The lowest BCUT2D eigenvalue weighted by Gasteiger charge is -2.29. The molecule has 0 amide bonds. The van der Waals surface area contributed by atoms with Gasteiger partial charge < -0.3 is 19.3 Å². The van der Waals surface area contributed by atoms with Crippen LogP contribution >= 0.6 is 0 Å². The zero-order valence-electron chi connectivity index (χ0n) is 17.2. The minimum absolute atomic E-state index is 0.231. The van der Waals surface area contributed by atoms with Crippen LogP contribution in [0.1, 0.15) is 61.7 Å². The first-order valence-corrected chi connectivity index (χ1v) is 10.2. The fourth-order valence-corrected chi connectivity index (χ4v) is 4.42. The van der Waals surface area contributed by atoms with Crippen molar-refractivity contribution in [3.8, 4) is 17.2 Å². The molecule has 0 aliphatic heterocycles. The molecule has 152 valence electrons. The zero-order chi connectivity index (χ0) is 19.9. The molecule has 1 saturated carbocycles. The van der Waals surface area contributed by atoms with E-state index in [1.165, 1.54) is 18.4 Å². The summed E-state index contributed by atoms with van der Waals surface area (Å²) in [4.78, 5) is 0. The number of methoxy groups -OCH3 is 3. The minimum Gasteiger partial charge on any atom is -0.493 e. The highest BCUT2D eigenvalue weighted by Crippen LogP contribution is 2.43. The van der Waals surface area contributed by atoms with E-state index in [9.17, 15) is 5.11 Å². The van der Waals surface area contributed by atoms with E-state index in [1.807, 2.05) is 12.1 Å². The van der Waals surface area contributed by atoms with Gasteiger partial charge in [0, 0.05) is 0 Å². The second-order valence-electron chi connectivity index (χ2n) is 7.63. The molecule has 1 fully saturated rings. The molecular weight excluding hydrogens is 352 g/mol. The van der Waals surface area contributed by atoms with Crippen molar-refractivity contribution in [3.05, 3.63) is 53.6 Å². The maximum Gasteiger partial charge on any atom is 0.203 e. The van der Waals surface area contributed by atoms with Gasteiger partial charge in [-0.1, -0.05) is 43.2 Å². The van der Waals surface area contributed by atoms with Gasteiger partial charge in [0.1, 0.15) is 0 Å². The van der Waals surface area contributed by atoms with Gasteiger partial charge in [-0.15, -0.1) is 0 Å². The largest absolute Gasteiger partial charge is 0.493 e. The predicted octanol–water partition coefficient (Wildman–Crippen LogP) is 5.50. The molecule has 0 saturated heterocycles. The third-order valence-electron chi connectivity index (χ3n) is 6.01. The van der Waals surface area contributed by atoms with Crippen LogP contribution in [0.15, 0.2) is 42.5 Å². The standard InChI is InChI=1S/C24H32O4/c1-26-21-15-20(16-22(27-2)24(21)28-3)23(25)19-12-8-7-11-18(13-14-19)17-9-5-4-6-10-17/h4-6,9-10,15-16,18-19,23,25H,7-8,11-14H2,1-3H3. The van der Waals surface area contributed by atoms with Crippen LogP contribution in [0.5, 0.6) is 17.2 Å². The Kier molecular flexibility index (Phi) is 7.21. The second kappa shape index (κ2) is 9.83. The van der Waals surface area contributed by atoms with Gasteiger partial charge >= 0.3 is 0 Å². The summed E-state index contributed by atoms with van der Waals surface area (Å²) in [5.74, 6) is 2.54. The lowest BCUT2D eigenvalue weighted by molar-refractivity contribution is 0.0890. The van der Waals surface area contributed by atoms with Crippen LogP contribution in [0.4, 0.5) is 0 Å². The first-order chi connectivity index (χ1) is 13.7. The van der Waals surface area contributed by atoms with E-state index >= 15 is 0 Å². The first kappa shape index (κ1) is 20.5. The highest BCUT2D eigenvalue weighted by atomic mass is 16.5. The molecule has 0 spiro atoms. The van der Waals surface area contributed by atoms with E-state index in [1.54, 1.807) is 21.3 Å². The molecule has 1 N–H and O–H groups in total. The van der Waals surface area contributed by atoms with Crippen LogP contribution < -0.4 is 14.2 Å². The molecule has 4 nitrogen and oxygen atoms in total. The Labute approximate surface area is 168 Å². The summed E-state index contributed by atoms with van der Waals surface area (Å²) in [6, 6.07) is 14.5. The molecule has 2 aromatic rings. The van der Waals surface area contributed by atoms with E-state index in [4.69, 9.17) is 14.2 Å². The lowest BCUT2D eigenvalue weighted by atomic mass is 9.79. The molecule has 1 aliphatic carbocycles. The van der Waals surface area contributed by atoms with Crippen molar-refractivity contribution >= 4 is 0 Å². The number of aliphatic hydroxyl groups excluding tert-OH is 1. The van der Waals surface area contributed by atoms with Gasteiger partial charge in [-0.2, -0.15) is 0 Å². The Bertz CT molecular complexity index is 719. The van der Waals surface area contributed by atoms with E-state index in [2.05, 4.69) is 30.3 Å². The predicted molar refractivity (Wildman–Crippen MR) is 111 cm³/mol. The highest BCUT2D eigenvalue weighted by molar-refractivity contribution is 5.54. The normalized spacial score (nSPS) is 21.3. The van der Waals surface area contributed by atoms with Gasteiger partial charge in [0.15, 0.2) is 11.5 Å². The van der Waals surface area contributed by atoms with E-state index in [-0.39, 0.29) is 5.92 Å². The van der Waals surface area contributed by atoms with Crippen molar-refractivity contribution in [2.45, 2.75) is 50.5 Å². The third-order valence-corrected chi connectivity index (χ3v) is 6.01. The number of hydrogen-bond acceptors (Lipinski definition) is 4. The number of benzene rings is 2. The van der Waals surface area contributed by atoms with Crippen molar-refractivity contribution in [3.63, 3.8) is 0 Å². The lowest BCUT2D eigenvalue weighted by Crippen LogP contribution is -2.17. The van der Waals surface area contributed by atoms with Crippen molar-refractivity contribution < 1.29 is 19.3 Å². The molecule has 3 atom stereocenters. The van der Waals surface area contributed by atoms with Crippen molar-refractivity contribution in [1.29, 1.82) is 0 Å². The first-order valence-electron chi connectivity index (χ1n) is 10.2. The molecular formula is C24H32O4. The highest BCUT2D eigenvalue weighted by Gasteiger charge is 2.27. The summed E-state index contributed by atoms with van der Waals surface area (Å²) in [6.45, 7) is 0. The fraction of sp³-hybridized carbons (Fsp3) is 0.500. The maximum atomic E-state index is 11.2. The Morgan fingerprint density at radius 3 is 2.07 bits per heavy atom. The number of hydrogen-bond donors (Lipinski definition) is 1. The molecule has 2 aromatic carbocycles. The molecule has 0 aromatic heterocycles. The summed E-state index contributed by atoms with van der Waals surface area (Å²) in [6.07, 6.45) is 6.21. The Morgan fingerprint density at radius 2 is 1.46 bits per heavy atom. The second-order valence-corrected chi connectivity index (χ2v) is 7.63. The van der Waals surface area contributed by atoms with E-state index in [0.29, 0.717) is 23.2 Å². The molecule has 3 unspecified atom stereocenters. The van der Waals surface area contributed by atoms with Gasteiger partial charge in [-0.3, -0.25) is 0 Å². The summed E-state index contributed by atoms with van der Waals surface area (Å²) in [7, 11) is 4.80. The van der Waals surface area contributed by atoms with Gasteiger partial charge in [-0.05, 0) is 60.8 Å². The quantitative estimate of drug-likeness (QED) is 0.714. The molecule has 0 bridgehead atoms. The van der Waals surface area contributed by atoms with Gasteiger partial charge in [0.25, 0.3) is 0 Å². The Morgan fingerprint density at radius 1 is 0.821 bits per heavy atom. The monoisotopic (exact) mass is 384 g/mol. The van der Waals surface area contributed by atoms with Crippen LogP contribution in [0.25, 0.3) is 0 Å².